The Labute approximate surface area is 166 Å². The molecular weight excluding hydrogens is 382 g/mol. The third-order valence-electron chi connectivity index (χ3n) is 5.15. The maximum atomic E-state index is 12.7. The summed E-state index contributed by atoms with van der Waals surface area (Å²) in [7, 11) is -3.76. The lowest BCUT2D eigenvalue weighted by molar-refractivity contribution is -0.384. The van der Waals surface area contributed by atoms with E-state index in [4.69, 9.17) is 5.26 Å². The first-order chi connectivity index (χ1) is 13.3. The molecule has 1 aliphatic rings. The van der Waals surface area contributed by atoms with E-state index >= 15 is 0 Å². The lowest BCUT2D eigenvalue weighted by atomic mass is 10.1. The molecule has 1 atom stereocenters. The standard InChI is InChI=1S/C18H27N5O4S/c1-4-22(5-2)28(26,27)16-6-7-17(18(14-16)23(24)25)21-12-10-20(11-13-21)15(3)8-9-19/h6-7,14-15H,4-5,8,10-13H2,1-3H3. The van der Waals surface area contributed by atoms with Crippen LogP contribution >= 0.6 is 0 Å². The van der Waals surface area contributed by atoms with Gasteiger partial charge in [-0.25, -0.2) is 8.42 Å². The Morgan fingerprint density at radius 1 is 1.25 bits per heavy atom. The molecule has 0 spiro atoms. The van der Waals surface area contributed by atoms with Crippen LogP contribution in [0.15, 0.2) is 23.1 Å². The van der Waals surface area contributed by atoms with Crippen molar-refractivity contribution in [1.29, 1.82) is 5.26 Å². The van der Waals surface area contributed by atoms with Crippen molar-refractivity contribution in [2.24, 2.45) is 0 Å². The molecule has 0 N–H and O–H groups in total. The topological polar surface area (TPSA) is 111 Å². The first-order valence-corrected chi connectivity index (χ1v) is 10.8. The average molecular weight is 410 g/mol. The van der Waals surface area contributed by atoms with Crippen molar-refractivity contribution in [3.8, 4) is 6.07 Å². The summed E-state index contributed by atoms with van der Waals surface area (Å²) >= 11 is 0. The lowest BCUT2D eigenvalue weighted by Gasteiger charge is -2.38. The molecular formula is C18H27N5O4S. The number of nitro groups is 1. The first kappa shape index (κ1) is 22.1. The molecule has 0 aromatic heterocycles. The number of benzene rings is 1. The molecule has 1 fully saturated rings. The Morgan fingerprint density at radius 2 is 1.86 bits per heavy atom. The minimum atomic E-state index is -3.76. The molecule has 1 heterocycles. The summed E-state index contributed by atoms with van der Waals surface area (Å²) in [5, 5.41) is 20.5. The zero-order valence-electron chi connectivity index (χ0n) is 16.5. The summed E-state index contributed by atoms with van der Waals surface area (Å²) in [6.45, 7) is 8.62. The van der Waals surface area contributed by atoms with Crippen LogP contribution in [-0.2, 0) is 10.0 Å². The van der Waals surface area contributed by atoms with E-state index in [1.165, 1.54) is 16.4 Å². The van der Waals surface area contributed by atoms with Crippen molar-refractivity contribution in [1.82, 2.24) is 9.21 Å². The summed E-state index contributed by atoms with van der Waals surface area (Å²) in [4.78, 5) is 15.1. The van der Waals surface area contributed by atoms with Gasteiger partial charge in [-0.3, -0.25) is 15.0 Å². The number of nitro benzene ring substituents is 1. The normalized spacial score (nSPS) is 16.8. The number of piperazine rings is 1. The minimum absolute atomic E-state index is 0.0621. The molecule has 1 aliphatic heterocycles. The minimum Gasteiger partial charge on any atom is -0.363 e. The number of rotatable bonds is 8. The van der Waals surface area contributed by atoms with Gasteiger partial charge in [0.2, 0.25) is 10.0 Å². The summed E-state index contributed by atoms with van der Waals surface area (Å²) in [5.41, 5.74) is 0.225. The van der Waals surface area contributed by atoms with Gasteiger partial charge in [0, 0.05) is 51.4 Å². The van der Waals surface area contributed by atoms with E-state index in [1.54, 1.807) is 13.8 Å². The van der Waals surface area contributed by atoms with Crippen LogP contribution in [0.25, 0.3) is 0 Å². The smallest absolute Gasteiger partial charge is 0.293 e. The summed E-state index contributed by atoms with van der Waals surface area (Å²) < 4.78 is 26.7. The van der Waals surface area contributed by atoms with E-state index in [9.17, 15) is 18.5 Å². The Kier molecular flexibility index (Phi) is 7.35. The molecule has 1 saturated heterocycles. The summed E-state index contributed by atoms with van der Waals surface area (Å²) in [6, 6.07) is 6.44. The Hall–Kier alpha value is -2.22. The second kappa shape index (κ2) is 9.32. The summed E-state index contributed by atoms with van der Waals surface area (Å²) in [6.07, 6.45) is 0.443. The van der Waals surface area contributed by atoms with Gasteiger partial charge in [0.25, 0.3) is 5.69 Å². The highest BCUT2D eigenvalue weighted by Gasteiger charge is 2.29. The Morgan fingerprint density at radius 3 is 2.36 bits per heavy atom. The molecule has 1 aromatic rings. The third kappa shape index (κ3) is 4.60. The van der Waals surface area contributed by atoms with Crippen LogP contribution in [0.5, 0.6) is 0 Å². The molecule has 0 aliphatic carbocycles. The van der Waals surface area contributed by atoms with Crippen LogP contribution in [0.2, 0.25) is 0 Å². The van der Waals surface area contributed by atoms with E-state index in [-0.39, 0.29) is 16.6 Å². The van der Waals surface area contributed by atoms with Gasteiger partial charge in [-0.05, 0) is 19.1 Å². The predicted octanol–water partition coefficient (Wildman–Crippen LogP) is 2.05. The highest BCUT2D eigenvalue weighted by Crippen LogP contribution is 2.32. The molecule has 154 valence electrons. The largest absolute Gasteiger partial charge is 0.363 e. The van der Waals surface area contributed by atoms with Crippen molar-refractivity contribution in [2.45, 2.75) is 38.1 Å². The van der Waals surface area contributed by atoms with E-state index < -0.39 is 14.9 Å². The van der Waals surface area contributed by atoms with Gasteiger partial charge in [0.05, 0.1) is 22.3 Å². The Bertz CT molecular complexity index is 840. The SMILES string of the molecule is CCN(CC)S(=O)(=O)c1ccc(N2CCN(C(C)CC#N)CC2)c([N+](=O)[O-])c1. The number of nitrogens with zero attached hydrogens (tertiary/aromatic N) is 5. The molecule has 9 nitrogen and oxygen atoms in total. The average Bonchev–Trinajstić information content (AvgIpc) is 2.68. The molecule has 0 bridgehead atoms. The van der Waals surface area contributed by atoms with Crippen molar-refractivity contribution < 1.29 is 13.3 Å². The van der Waals surface area contributed by atoms with Gasteiger partial charge in [-0.1, -0.05) is 13.8 Å². The van der Waals surface area contributed by atoms with Crippen LogP contribution in [-0.4, -0.2) is 67.9 Å². The quantitative estimate of drug-likeness (QED) is 0.477. The van der Waals surface area contributed by atoms with Crippen LogP contribution in [0.3, 0.4) is 0 Å². The third-order valence-corrected chi connectivity index (χ3v) is 7.20. The maximum Gasteiger partial charge on any atom is 0.293 e. The predicted molar refractivity (Wildman–Crippen MR) is 107 cm³/mol. The Balaban J connectivity index is 2.28. The molecule has 1 unspecified atom stereocenters. The number of hydrogen-bond acceptors (Lipinski definition) is 7. The van der Waals surface area contributed by atoms with Crippen molar-refractivity contribution in [3.63, 3.8) is 0 Å². The molecule has 0 amide bonds. The second-order valence-electron chi connectivity index (χ2n) is 6.73. The van der Waals surface area contributed by atoms with Crippen molar-refractivity contribution in [2.75, 3.05) is 44.2 Å². The van der Waals surface area contributed by atoms with Gasteiger partial charge < -0.3 is 4.90 Å². The van der Waals surface area contributed by atoms with E-state index in [2.05, 4.69) is 11.0 Å². The van der Waals surface area contributed by atoms with Gasteiger partial charge in [-0.15, -0.1) is 0 Å². The molecule has 2 rings (SSSR count). The van der Waals surface area contributed by atoms with Crippen molar-refractivity contribution >= 4 is 21.4 Å². The fraction of sp³-hybridized carbons (Fsp3) is 0.611. The number of anilines is 1. The number of sulfonamides is 1. The number of hydrogen-bond donors (Lipinski definition) is 0. The van der Waals surface area contributed by atoms with Crippen LogP contribution in [0.1, 0.15) is 27.2 Å². The highest BCUT2D eigenvalue weighted by atomic mass is 32.2. The molecule has 1 aromatic carbocycles. The summed E-state index contributed by atoms with van der Waals surface area (Å²) in [5.74, 6) is 0. The van der Waals surface area contributed by atoms with Gasteiger partial charge >= 0.3 is 0 Å². The molecule has 28 heavy (non-hydrogen) atoms. The maximum absolute atomic E-state index is 12.7. The zero-order chi connectivity index (χ0) is 20.9. The molecule has 0 saturated carbocycles. The van der Waals surface area contributed by atoms with Gasteiger partial charge in [0.1, 0.15) is 5.69 Å². The first-order valence-electron chi connectivity index (χ1n) is 9.40. The second-order valence-corrected chi connectivity index (χ2v) is 8.67. The molecule has 10 heteroatoms. The highest BCUT2D eigenvalue weighted by molar-refractivity contribution is 7.89. The van der Waals surface area contributed by atoms with Gasteiger partial charge in [-0.2, -0.15) is 9.57 Å². The van der Waals surface area contributed by atoms with Crippen LogP contribution < -0.4 is 4.90 Å². The van der Waals surface area contributed by atoms with E-state index in [0.717, 1.165) is 6.07 Å². The van der Waals surface area contributed by atoms with E-state index in [0.29, 0.717) is 51.4 Å². The molecule has 0 radical (unpaired) electrons. The fourth-order valence-electron chi connectivity index (χ4n) is 3.45. The monoisotopic (exact) mass is 409 g/mol. The van der Waals surface area contributed by atoms with Crippen molar-refractivity contribution in [3.05, 3.63) is 28.3 Å². The fourth-order valence-corrected chi connectivity index (χ4v) is 4.93. The zero-order valence-corrected chi connectivity index (χ0v) is 17.4. The van der Waals surface area contributed by atoms with E-state index in [1.807, 2.05) is 11.8 Å². The van der Waals surface area contributed by atoms with Crippen LogP contribution in [0.4, 0.5) is 11.4 Å². The number of nitriles is 1. The van der Waals surface area contributed by atoms with Crippen LogP contribution in [0, 0.1) is 21.4 Å². The van der Waals surface area contributed by atoms with Gasteiger partial charge in [0.15, 0.2) is 0 Å². The lowest BCUT2D eigenvalue weighted by Crippen LogP contribution is -2.49.